The van der Waals surface area contributed by atoms with Gasteiger partial charge in [-0.15, -0.1) is 0 Å². The van der Waals surface area contributed by atoms with Gasteiger partial charge in [0, 0.05) is 25.4 Å². The van der Waals surface area contributed by atoms with Crippen LogP contribution in [-0.2, 0) is 28.6 Å². The zero-order valence-electron chi connectivity index (χ0n) is 45.0. The zero-order chi connectivity index (χ0) is 48.1. The SMILES string of the molecule is CCCCCCOC(=O)CN(CC1CCN(C)CC1)C(CCCCCCCCC(=O)OCC(CCCC)CCCCCC)CCCCCCCCC(=O)OCC(CCCC)CCCCCC. The van der Waals surface area contributed by atoms with Crippen LogP contribution in [0.2, 0.25) is 0 Å². The highest BCUT2D eigenvalue weighted by Gasteiger charge is 2.27. The Kier molecular flexibility index (Phi) is 43.2. The van der Waals surface area contributed by atoms with E-state index in [4.69, 9.17) is 14.2 Å². The number of piperidine rings is 1. The van der Waals surface area contributed by atoms with Crippen LogP contribution in [0.15, 0.2) is 0 Å². The first-order valence-electron chi connectivity index (χ1n) is 29.1. The van der Waals surface area contributed by atoms with E-state index in [1.807, 2.05) is 0 Å². The predicted octanol–water partition coefficient (Wildman–Crippen LogP) is 16.0. The number of hydrogen-bond acceptors (Lipinski definition) is 8. The average molecular weight is 934 g/mol. The van der Waals surface area contributed by atoms with Crippen LogP contribution in [-0.4, -0.2) is 86.8 Å². The van der Waals surface area contributed by atoms with Crippen LogP contribution >= 0.6 is 0 Å². The summed E-state index contributed by atoms with van der Waals surface area (Å²) < 4.78 is 17.4. The van der Waals surface area contributed by atoms with Gasteiger partial charge in [0.15, 0.2) is 0 Å². The normalized spacial score (nSPS) is 15.0. The minimum atomic E-state index is -0.0478. The molecule has 2 atom stereocenters. The van der Waals surface area contributed by atoms with Gasteiger partial charge >= 0.3 is 17.9 Å². The third kappa shape index (κ3) is 37.3. The number of carbonyl (C=O) groups is 3. The first-order valence-corrected chi connectivity index (χ1v) is 29.1. The fourth-order valence-corrected chi connectivity index (χ4v) is 9.96. The van der Waals surface area contributed by atoms with Crippen molar-refractivity contribution in [3.63, 3.8) is 0 Å². The molecule has 0 amide bonds. The number of esters is 3. The Labute approximate surface area is 410 Å². The van der Waals surface area contributed by atoms with Gasteiger partial charge in [0.05, 0.1) is 26.4 Å². The number of carbonyl (C=O) groups excluding carboxylic acids is 3. The van der Waals surface area contributed by atoms with Gasteiger partial charge in [-0.05, 0) is 109 Å². The topological polar surface area (TPSA) is 85.4 Å². The molecule has 0 N–H and O–H groups in total. The molecule has 1 aliphatic heterocycles. The Hall–Kier alpha value is -1.67. The monoisotopic (exact) mass is 933 g/mol. The van der Waals surface area contributed by atoms with Gasteiger partial charge in [-0.2, -0.15) is 0 Å². The summed E-state index contributed by atoms with van der Waals surface area (Å²) in [6.07, 6.45) is 43.4. The molecule has 0 saturated carbocycles. The summed E-state index contributed by atoms with van der Waals surface area (Å²) in [6.45, 7) is 16.6. The largest absolute Gasteiger partial charge is 0.465 e. The van der Waals surface area contributed by atoms with E-state index in [2.05, 4.69) is 51.5 Å². The van der Waals surface area contributed by atoms with Crippen molar-refractivity contribution in [3.8, 4) is 0 Å². The molecule has 1 rings (SSSR count). The van der Waals surface area contributed by atoms with Gasteiger partial charge in [-0.3, -0.25) is 19.3 Å². The molecule has 0 aromatic rings. The fraction of sp³-hybridized carbons (Fsp3) is 0.948. The molecule has 1 fully saturated rings. The van der Waals surface area contributed by atoms with Crippen molar-refractivity contribution in [1.82, 2.24) is 9.80 Å². The lowest BCUT2D eigenvalue weighted by atomic mass is 9.93. The maximum atomic E-state index is 13.4. The van der Waals surface area contributed by atoms with Crippen molar-refractivity contribution in [3.05, 3.63) is 0 Å². The lowest BCUT2D eigenvalue weighted by Gasteiger charge is -2.37. The molecule has 1 heterocycles. The van der Waals surface area contributed by atoms with Crippen LogP contribution in [0.25, 0.3) is 0 Å². The molecule has 8 heteroatoms. The van der Waals surface area contributed by atoms with Crippen molar-refractivity contribution < 1.29 is 28.6 Å². The molecule has 0 aromatic heterocycles. The Morgan fingerprint density at radius 2 is 0.833 bits per heavy atom. The Morgan fingerprint density at radius 1 is 0.455 bits per heavy atom. The van der Waals surface area contributed by atoms with Crippen LogP contribution in [0.3, 0.4) is 0 Å². The lowest BCUT2D eigenvalue weighted by molar-refractivity contribution is -0.146. The van der Waals surface area contributed by atoms with Crippen LogP contribution in [0, 0.1) is 17.8 Å². The van der Waals surface area contributed by atoms with E-state index >= 15 is 0 Å². The molecule has 2 unspecified atom stereocenters. The van der Waals surface area contributed by atoms with Crippen molar-refractivity contribution >= 4 is 17.9 Å². The minimum absolute atomic E-state index is 0.00773. The summed E-state index contributed by atoms with van der Waals surface area (Å²) in [4.78, 5) is 43.6. The first kappa shape index (κ1) is 62.3. The number of rotatable bonds is 48. The summed E-state index contributed by atoms with van der Waals surface area (Å²) >= 11 is 0. The van der Waals surface area contributed by atoms with Crippen LogP contribution in [0.5, 0.6) is 0 Å². The van der Waals surface area contributed by atoms with Crippen LogP contribution in [0.1, 0.15) is 279 Å². The summed E-state index contributed by atoms with van der Waals surface area (Å²) in [6, 6.07) is 0.391. The van der Waals surface area contributed by atoms with Gasteiger partial charge in [-0.25, -0.2) is 0 Å². The highest BCUT2D eigenvalue weighted by atomic mass is 16.5. The highest BCUT2D eigenvalue weighted by molar-refractivity contribution is 5.71. The molecule has 0 aliphatic carbocycles. The predicted molar refractivity (Wildman–Crippen MR) is 280 cm³/mol. The van der Waals surface area contributed by atoms with Gasteiger partial charge < -0.3 is 19.1 Å². The Bertz CT molecular complexity index is 1040. The number of likely N-dealkylation sites (tertiary alicyclic amines) is 1. The maximum absolute atomic E-state index is 13.4. The van der Waals surface area contributed by atoms with Crippen LogP contribution in [0.4, 0.5) is 0 Å². The third-order valence-corrected chi connectivity index (χ3v) is 14.6. The summed E-state index contributed by atoms with van der Waals surface area (Å²) in [5, 5.41) is 0. The van der Waals surface area contributed by atoms with Crippen molar-refractivity contribution in [2.45, 2.75) is 285 Å². The molecule has 1 saturated heterocycles. The lowest BCUT2D eigenvalue weighted by Crippen LogP contribution is -2.44. The second-order valence-corrected chi connectivity index (χ2v) is 21.0. The standard InChI is InChI=1S/C58H112N2O6/c1-7-12-17-28-37-53(35-15-10-4)50-65-56(61)41-32-26-22-20-24-30-39-55(60(48-52-43-45-59(6)46-44-52)49-58(63)64-47-34-19-14-9-3)40-31-25-21-23-27-33-42-57(62)66-51-54(36-16-11-5)38-29-18-13-8-2/h52-55H,7-51H2,1-6H3. The Morgan fingerprint density at radius 3 is 1.29 bits per heavy atom. The molecule has 1 aliphatic rings. The molecule has 0 radical (unpaired) electrons. The zero-order valence-corrected chi connectivity index (χ0v) is 45.0. The van der Waals surface area contributed by atoms with E-state index in [1.54, 1.807) is 0 Å². The van der Waals surface area contributed by atoms with E-state index in [0.717, 1.165) is 83.8 Å². The van der Waals surface area contributed by atoms with Gasteiger partial charge in [0.25, 0.3) is 0 Å². The quantitative estimate of drug-likeness (QED) is 0.0339. The van der Waals surface area contributed by atoms with Gasteiger partial charge in [0.2, 0.25) is 0 Å². The number of nitrogens with zero attached hydrogens (tertiary/aromatic N) is 2. The highest BCUT2D eigenvalue weighted by Crippen LogP contribution is 2.25. The van der Waals surface area contributed by atoms with E-state index in [9.17, 15) is 14.4 Å². The van der Waals surface area contributed by atoms with Gasteiger partial charge in [-0.1, -0.05) is 195 Å². The summed E-state index contributed by atoms with van der Waals surface area (Å²) in [5.41, 5.74) is 0. The Balaban J connectivity index is 2.65. The second-order valence-electron chi connectivity index (χ2n) is 21.0. The number of unbranched alkanes of at least 4 members (excludes halogenated alkanes) is 21. The summed E-state index contributed by atoms with van der Waals surface area (Å²) in [5.74, 6) is 1.60. The maximum Gasteiger partial charge on any atom is 0.320 e. The minimum Gasteiger partial charge on any atom is -0.465 e. The molecule has 8 nitrogen and oxygen atoms in total. The summed E-state index contributed by atoms with van der Waals surface area (Å²) in [7, 11) is 2.23. The number of hydrogen-bond donors (Lipinski definition) is 0. The van der Waals surface area contributed by atoms with Gasteiger partial charge in [0.1, 0.15) is 0 Å². The molecular formula is C58H112N2O6. The number of ether oxygens (including phenoxy) is 3. The van der Waals surface area contributed by atoms with E-state index < -0.39 is 0 Å². The van der Waals surface area contributed by atoms with Crippen molar-refractivity contribution in [1.29, 1.82) is 0 Å². The fourth-order valence-electron chi connectivity index (χ4n) is 9.96. The first-order chi connectivity index (χ1) is 32.3. The second kappa shape index (κ2) is 45.8. The van der Waals surface area contributed by atoms with Crippen molar-refractivity contribution in [2.24, 2.45) is 17.8 Å². The van der Waals surface area contributed by atoms with Crippen molar-refractivity contribution in [2.75, 3.05) is 53.0 Å². The average Bonchev–Trinajstić information content (AvgIpc) is 3.31. The molecule has 0 spiro atoms. The van der Waals surface area contributed by atoms with Crippen LogP contribution < -0.4 is 0 Å². The molecule has 0 bridgehead atoms. The van der Waals surface area contributed by atoms with E-state index in [1.165, 1.54) is 167 Å². The van der Waals surface area contributed by atoms with E-state index in [0.29, 0.717) is 63.0 Å². The third-order valence-electron chi connectivity index (χ3n) is 14.6. The smallest absolute Gasteiger partial charge is 0.320 e. The molecule has 390 valence electrons. The van der Waals surface area contributed by atoms with E-state index in [-0.39, 0.29) is 17.9 Å². The molecule has 66 heavy (non-hydrogen) atoms. The molecule has 0 aromatic carbocycles. The molecular weight excluding hydrogens is 821 g/mol.